The summed E-state index contributed by atoms with van der Waals surface area (Å²) in [7, 11) is 2.88. The van der Waals surface area contributed by atoms with E-state index in [1.807, 2.05) is 0 Å². The lowest BCUT2D eigenvalue weighted by molar-refractivity contribution is 0.101. The Morgan fingerprint density at radius 2 is 1.81 bits per heavy atom. The summed E-state index contributed by atoms with van der Waals surface area (Å²) in [6, 6.07) is 12.3. The van der Waals surface area contributed by atoms with Crippen LogP contribution in [0.25, 0.3) is 0 Å². The maximum Gasteiger partial charge on any atom is 0.413 e. The first-order valence-electron chi connectivity index (χ1n) is 9.54. The van der Waals surface area contributed by atoms with Gasteiger partial charge in [-0.2, -0.15) is 0 Å². The van der Waals surface area contributed by atoms with E-state index in [4.69, 9.17) is 0 Å². The molecule has 2 aromatic carbocycles. The van der Waals surface area contributed by atoms with Gasteiger partial charge in [-0.25, -0.2) is 13.6 Å². The molecule has 0 radical (unpaired) electrons. The highest BCUT2D eigenvalue weighted by Gasteiger charge is 2.14. The van der Waals surface area contributed by atoms with Crippen LogP contribution in [0.3, 0.4) is 0 Å². The van der Waals surface area contributed by atoms with Gasteiger partial charge in [-0.15, -0.1) is 10.2 Å². The van der Waals surface area contributed by atoms with E-state index in [2.05, 4.69) is 25.6 Å². The van der Waals surface area contributed by atoms with Crippen molar-refractivity contribution in [2.75, 3.05) is 29.7 Å². The third-order valence-electron chi connectivity index (χ3n) is 4.60. The second kappa shape index (κ2) is 9.82. The Morgan fingerprint density at radius 3 is 2.47 bits per heavy atom. The Morgan fingerprint density at radius 1 is 1.09 bits per heavy atom. The highest BCUT2D eigenvalue weighted by Crippen LogP contribution is 2.24. The molecule has 0 atom stereocenters. The third-order valence-corrected chi connectivity index (χ3v) is 4.60. The van der Waals surface area contributed by atoms with E-state index < -0.39 is 17.7 Å². The molecule has 1 aromatic heterocycles. The molecule has 3 aromatic rings. The maximum atomic E-state index is 13.9. The fraction of sp³-hybridized carbons (Fsp3) is 0.182. The van der Waals surface area contributed by atoms with Crippen LogP contribution in [0, 0.1) is 11.6 Å². The third kappa shape index (κ3) is 5.15. The van der Waals surface area contributed by atoms with Crippen LogP contribution in [0.5, 0.6) is 0 Å². The number of ketones is 1. The molecule has 2 N–H and O–H groups in total. The first kappa shape index (κ1) is 22.6. The van der Waals surface area contributed by atoms with E-state index in [-0.39, 0.29) is 23.6 Å². The molecule has 1 heterocycles. The van der Waals surface area contributed by atoms with Crippen molar-refractivity contribution in [2.24, 2.45) is 0 Å². The lowest BCUT2D eigenvalue weighted by Gasteiger charge is -2.16. The van der Waals surface area contributed by atoms with Crippen molar-refractivity contribution in [3.05, 3.63) is 71.4 Å². The number of methoxy groups -OCH3 is 1. The van der Waals surface area contributed by atoms with Crippen LogP contribution < -0.4 is 15.5 Å². The minimum absolute atomic E-state index is 0.0520. The predicted octanol–water partition coefficient (Wildman–Crippen LogP) is 4.52. The number of Topliss-reactive ketones (excluding diaryl/α,β-unsaturated/α-hetero) is 1. The number of nitrogens with zero attached hydrogens (tertiary/aromatic N) is 3. The zero-order valence-corrected chi connectivity index (χ0v) is 17.6. The van der Waals surface area contributed by atoms with Crippen molar-refractivity contribution in [3.8, 4) is 0 Å². The molecular formula is C22H21F2N5O3. The average Bonchev–Trinajstić information content (AvgIpc) is 2.79. The number of rotatable bonds is 7. The van der Waals surface area contributed by atoms with Crippen LogP contribution in [0.1, 0.15) is 23.0 Å². The standard InChI is InChI=1S/C22H21F2N5O3/c1-13(30)21-18(25-12-14-5-4-6-17(23)20(14)24)11-19(27-28-21)26-15-7-9-16(10-8-15)29(2)22(31)32-3/h4-11H,12H2,1-3H3,(H2,25,26,27). The molecule has 0 saturated heterocycles. The van der Waals surface area contributed by atoms with Gasteiger partial charge in [-0.1, -0.05) is 12.1 Å². The van der Waals surface area contributed by atoms with Gasteiger partial charge in [-0.05, 0) is 30.3 Å². The number of benzene rings is 2. The molecular weight excluding hydrogens is 420 g/mol. The van der Waals surface area contributed by atoms with Crippen molar-refractivity contribution < 1.29 is 23.1 Å². The Hall–Kier alpha value is -4.08. The summed E-state index contributed by atoms with van der Waals surface area (Å²) in [5, 5.41) is 13.9. The first-order chi connectivity index (χ1) is 15.3. The zero-order chi connectivity index (χ0) is 23.3. The Balaban J connectivity index is 1.79. The maximum absolute atomic E-state index is 13.9. The fourth-order valence-corrected chi connectivity index (χ4v) is 2.88. The Kier molecular flexibility index (Phi) is 6.93. The van der Waals surface area contributed by atoms with Gasteiger partial charge in [0.25, 0.3) is 0 Å². The van der Waals surface area contributed by atoms with E-state index in [1.165, 1.54) is 31.1 Å². The molecule has 3 rings (SSSR count). The molecule has 166 valence electrons. The Bertz CT molecular complexity index is 1140. The highest BCUT2D eigenvalue weighted by atomic mass is 19.2. The van der Waals surface area contributed by atoms with Crippen molar-refractivity contribution >= 4 is 34.8 Å². The first-order valence-corrected chi connectivity index (χ1v) is 9.54. The van der Waals surface area contributed by atoms with Crippen molar-refractivity contribution in [2.45, 2.75) is 13.5 Å². The van der Waals surface area contributed by atoms with Crippen LogP contribution in [0.15, 0.2) is 48.5 Å². The molecule has 0 saturated carbocycles. The van der Waals surface area contributed by atoms with Gasteiger partial charge in [0.15, 0.2) is 28.9 Å². The molecule has 8 nitrogen and oxygen atoms in total. The molecule has 0 bridgehead atoms. The van der Waals surface area contributed by atoms with Gasteiger partial charge >= 0.3 is 6.09 Å². The quantitative estimate of drug-likeness (QED) is 0.521. The summed E-state index contributed by atoms with van der Waals surface area (Å²) < 4.78 is 32.1. The fourth-order valence-electron chi connectivity index (χ4n) is 2.88. The molecule has 0 aliphatic carbocycles. The SMILES string of the molecule is COC(=O)N(C)c1ccc(Nc2cc(NCc3cccc(F)c3F)c(C(C)=O)nn2)cc1. The lowest BCUT2D eigenvalue weighted by atomic mass is 10.2. The minimum atomic E-state index is -0.957. The molecule has 0 fully saturated rings. The largest absolute Gasteiger partial charge is 0.452 e. The number of aromatic nitrogens is 2. The number of ether oxygens (including phenoxy) is 1. The molecule has 32 heavy (non-hydrogen) atoms. The normalized spacial score (nSPS) is 10.4. The summed E-state index contributed by atoms with van der Waals surface area (Å²) in [6.07, 6.45) is -0.498. The second-order valence-electron chi connectivity index (χ2n) is 6.82. The lowest BCUT2D eigenvalue weighted by Crippen LogP contribution is -2.25. The summed E-state index contributed by atoms with van der Waals surface area (Å²) in [5.41, 5.74) is 1.78. The van der Waals surface area contributed by atoms with Crippen LogP contribution in [-0.2, 0) is 11.3 Å². The van der Waals surface area contributed by atoms with E-state index in [0.29, 0.717) is 22.9 Å². The number of carbonyl (C=O) groups excluding carboxylic acids is 2. The summed E-state index contributed by atoms with van der Waals surface area (Å²) in [5.74, 6) is -1.91. The number of anilines is 4. The van der Waals surface area contributed by atoms with Gasteiger partial charge in [0.2, 0.25) is 0 Å². The van der Waals surface area contributed by atoms with Gasteiger partial charge in [-0.3, -0.25) is 9.69 Å². The van der Waals surface area contributed by atoms with E-state index >= 15 is 0 Å². The summed E-state index contributed by atoms with van der Waals surface area (Å²) in [6.45, 7) is 1.28. The topological polar surface area (TPSA) is 96.5 Å². The number of amides is 1. The molecule has 10 heteroatoms. The molecule has 0 aliphatic rings. The monoisotopic (exact) mass is 441 g/mol. The number of carbonyl (C=O) groups is 2. The van der Waals surface area contributed by atoms with Crippen molar-refractivity contribution in [1.82, 2.24) is 10.2 Å². The molecule has 0 aliphatic heterocycles. The van der Waals surface area contributed by atoms with Gasteiger partial charge in [0.1, 0.15) is 0 Å². The summed E-state index contributed by atoms with van der Waals surface area (Å²) >= 11 is 0. The van der Waals surface area contributed by atoms with Crippen molar-refractivity contribution in [3.63, 3.8) is 0 Å². The number of nitrogens with one attached hydrogen (secondary N) is 2. The second-order valence-corrected chi connectivity index (χ2v) is 6.82. The summed E-state index contributed by atoms with van der Waals surface area (Å²) in [4.78, 5) is 24.9. The molecule has 0 spiro atoms. The smallest absolute Gasteiger partial charge is 0.413 e. The predicted molar refractivity (Wildman–Crippen MR) is 116 cm³/mol. The average molecular weight is 441 g/mol. The van der Waals surface area contributed by atoms with Gasteiger partial charge in [0, 0.05) is 43.5 Å². The molecule has 0 unspecified atom stereocenters. The van der Waals surface area contributed by atoms with Gasteiger partial charge < -0.3 is 15.4 Å². The molecule has 1 amide bonds. The zero-order valence-electron chi connectivity index (χ0n) is 17.6. The van der Waals surface area contributed by atoms with E-state index in [9.17, 15) is 18.4 Å². The van der Waals surface area contributed by atoms with Crippen LogP contribution in [0.4, 0.5) is 36.5 Å². The minimum Gasteiger partial charge on any atom is -0.452 e. The van der Waals surface area contributed by atoms with Crippen LogP contribution >= 0.6 is 0 Å². The van der Waals surface area contributed by atoms with Crippen LogP contribution in [-0.4, -0.2) is 36.2 Å². The number of hydrogen-bond donors (Lipinski definition) is 2. The van der Waals surface area contributed by atoms with E-state index in [0.717, 1.165) is 6.07 Å². The highest BCUT2D eigenvalue weighted by molar-refractivity contribution is 5.97. The van der Waals surface area contributed by atoms with Crippen LogP contribution in [0.2, 0.25) is 0 Å². The van der Waals surface area contributed by atoms with Crippen molar-refractivity contribution in [1.29, 1.82) is 0 Å². The van der Waals surface area contributed by atoms with Gasteiger partial charge in [0.05, 0.1) is 12.8 Å². The Labute approximate surface area is 183 Å². The number of halogens is 2. The van der Waals surface area contributed by atoms with E-state index in [1.54, 1.807) is 37.4 Å². The number of hydrogen-bond acceptors (Lipinski definition) is 7.